The molecule has 3 nitrogen and oxygen atoms in total. The molecule has 3 heterocycles. The van der Waals surface area contributed by atoms with Crippen molar-refractivity contribution >= 4 is 11.6 Å². The molecule has 1 amide bonds. The lowest BCUT2D eigenvalue weighted by Crippen LogP contribution is -2.32. The summed E-state index contributed by atoms with van der Waals surface area (Å²) in [5.74, 6) is 0.626. The average Bonchev–Trinajstić information content (AvgIpc) is 2.96. The Hall–Kier alpha value is -2.16. The van der Waals surface area contributed by atoms with Crippen molar-refractivity contribution in [1.82, 2.24) is 4.98 Å². The molecule has 1 unspecified atom stereocenters. The third-order valence-electron chi connectivity index (χ3n) is 4.76. The molecule has 2 aliphatic heterocycles. The predicted octanol–water partition coefficient (Wildman–Crippen LogP) is 3.07. The van der Waals surface area contributed by atoms with Gasteiger partial charge in [-0.25, -0.2) is 0 Å². The summed E-state index contributed by atoms with van der Waals surface area (Å²) in [6, 6.07) is 8.70. The molecule has 2 aromatic rings. The highest BCUT2D eigenvalue weighted by Crippen LogP contribution is 2.39. The summed E-state index contributed by atoms with van der Waals surface area (Å²) in [6.07, 6.45) is 6.27. The van der Waals surface area contributed by atoms with Crippen molar-refractivity contribution in [3.05, 3.63) is 58.9 Å². The summed E-state index contributed by atoms with van der Waals surface area (Å²) in [5, 5.41) is 0. The number of pyridine rings is 1. The molecule has 0 aliphatic carbocycles. The van der Waals surface area contributed by atoms with Crippen LogP contribution in [0.25, 0.3) is 0 Å². The zero-order valence-electron chi connectivity index (χ0n) is 12.2. The molecule has 1 aromatic heterocycles. The van der Waals surface area contributed by atoms with Crippen molar-refractivity contribution in [1.29, 1.82) is 0 Å². The third kappa shape index (κ3) is 1.96. The lowest BCUT2D eigenvalue weighted by atomic mass is 9.88. The number of hydrogen-bond donors (Lipinski definition) is 0. The van der Waals surface area contributed by atoms with Gasteiger partial charge in [0.15, 0.2) is 0 Å². The highest BCUT2D eigenvalue weighted by Gasteiger charge is 2.31. The number of nitrogens with zero attached hydrogens (tertiary/aromatic N) is 2. The molecule has 0 bridgehead atoms. The zero-order chi connectivity index (χ0) is 14.4. The summed E-state index contributed by atoms with van der Waals surface area (Å²) in [5.41, 5.74) is 6.47. The molecular weight excluding hydrogens is 260 g/mol. The minimum Gasteiger partial charge on any atom is -0.312 e. The van der Waals surface area contributed by atoms with E-state index >= 15 is 0 Å². The number of rotatable bonds is 2. The fourth-order valence-electron chi connectivity index (χ4n) is 3.56. The smallest absolute Gasteiger partial charge is 0.227 e. The third-order valence-corrected chi connectivity index (χ3v) is 4.76. The Morgan fingerprint density at radius 1 is 1.14 bits per heavy atom. The molecule has 0 saturated carbocycles. The summed E-state index contributed by atoms with van der Waals surface area (Å²) >= 11 is 0. The van der Waals surface area contributed by atoms with E-state index in [4.69, 9.17) is 0 Å². The van der Waals surface area contributed by atoms with Gasteiger partial charge in [-0.05, 0) is 41.2 Å². The average molecular weight is 278 g/mol. The van der Waals surface area contributed by atoms with E-state index in [0.717, 1.165) is 19.4 Å². The van der Waals surface area contributed by atoms with Gasteiger partial charge in [0, 0.05) is 31.3 Å². The maximum atomic E-state index is 12.0. The number of anilines is 1. The lowest BCUT2D eigenvalue weighted by Gasteiger charge is -2.26. The molecule has 21 heavy (non-hydrogen) atoms. The summed E-state index contributed by atoms with van der Waals surface area (Å²) in [7, 11) is 0. The first kappa shape index (κ1) is 12.6. The van der Waals surface area contributed by atoms with Gasteiger partial charge in [-0.2, -0.15) is 0 Å². The number of benzene rings is 1. The van der Waals surface area contributed by atoms with Crippen LogP contribution in [-0.2, 0) is 17.6 Å². The van der Waals surface area contributed by atoms with E-state index in [0.29, 0.717) is 12.3 Å². The Labute approximate surface area is 124 Å². The van der Waals surface area contributed by atoms with E-state index in [2.05, 4.69) is 30.1 Å². The van der Waals surface area contributed by atoms with Gasteiger partial charge in [0.25, 0.3) is 0 Å². The van der Waals surface area contributed by atoms with Crippen molar-refractivity contribution in [2.45, 2.75) is 32.1 Å². The highest BCUT2D eigenvalue weighted by molar-refractivity contribution is 5.98. The van der Waals surface area contributed by atoms with E-state index < -0.39 is 0 Å². The molecule has 0 N–H and O–H groups in total. The number of hydrogen-bond acceptors (Lipinski definition) is 2. The molecular formula is C18H18N2O. The van der Waals surface area contributed by atoms with E-state index in [9.17, 15) is 4.79 Å². The van der Waals surface area contributed by atoms with Crippen LogP contribution in [0.3, 0.4) is 0 Å². The van der Waals surface area contributed by atoms with Crippen molar-refractivity contribution in [2.24, 2.45) is 0 Å². The molecule has 3 heteroatoms. The van der Waals surface area contributed by atoms with Crippen LogP contribution < -0.4 is 4.90 Å². The Kier molecular flexibility index (Phi) is 2.81. The van der Waals surface area contributed by atoms with Gasteiger partial charge in [0.1, 0.15) is 0 Å². The van der Waals surface area contributed by atoms with Gasteiger partial charge in [-0.3, -0.25) is 9.78 Å². The molecule has 0 radical (unpaired) electrons. The van der Waals surface area contributed by atoms with Gasteiger partial charge >= 0.3 is 0 Å². The standard InChI is InChI=1S/C18H18N2O/c1-12(15-3-2-7-19-11-15)16-9-13-4-5-17(21)20-8-6-14(10-16)18(13)20/h2-3,7,9-12H,4-6,8H2,1H3. The second-order valence-electron chi connectivity index (χ2n) is 5.99. The van der Waals surface area contributed by atoms with E-state index in [1.807, 2.05) is 23.4 Å². The van der Waals surface area contributed by atoms with E-state index in [-0.39, 0.29) is 5.91 Å². The normalized spacial score (nSPS) is 17.8. The number of aryl methyl sites for hydroxylation is 1. The Morgan fingerprint density at radius 2 is 1.95 bits per heavy atom. The molecule has 2 aliphatic rings. The van der Waals surface area contributed by atoms with Gasteiger partial charge in [-0.15, -0.1) is 0 Å². The van der Waals surface area contributed by atoms with Crippen LogP contribution in [-0.4, -0.2) is 17.4 Å². The zero-order valence-corrected chi connectivity index (χ0v) is 12.2. The van der Waals surface area contributed by atoms with Gasteiger partial charge in [0.2, 0.25) is 5.91 Å². The first-order chi connectivity index (χ1) is 10.2. The summed E-state index contributed by atoms with van der Waals surface area (Å²) < 4.78 is 0. The number of carbonyl (C=O) groups is 1. The Bertz CT molecular complexity index is 709. The maximum absolute atomic E-state index is 12.0. The second-order valence-corrected chi connectivity index (χ2v) is 5.99. The van der Waals surface area contributed by atoms with Crippen molar-refractivity contribution in [3.63, 3.8) is 0 Å². The monoisotopic (exact) mass is 278 g/mol. The van der Waals surface area contributed by atoms with Crippen molar-refractivity contribution in [3.8, 4) is 0 Å². The fourth-order valence-corrected chi connectivity index (χ4v) is 3.56. The van der Waals surface area contributed by atoms with E-state index in [1.165, 1.54) is 27.9 Å². The first-order valence-electron chi connectivity index (χ1n) is 7.60. The summed E-state index contributed by atoms with van der Waals surface area (Å²) in [6.45, 7) is 3.08. The fraction of sp³-hybridized carbons (Fsp3) is 0.333. The van der Waals surface area contributed by atoms with Crippen LogP contribution in [0, 0.1) is 0 Å². The van der Waals surface area contributed by atoms with Crippen molar-refractivity contribution < 1.29 is 4.79 Å². The van der Waals surface area contributed by atoms with Crippen LogP contribution in [0.5, 0.6) is 0 Å². The second kappa shape index (κ2) is 4.69. The largest absolute Gasteiger partial charge is 0.312 e. The van der Waals surface area contributed by atoms with Crippen molar-refractivity contribution in [2.75, 3.05) is 11.4 Å². The molecule has 0 spiro atoms. The topological polar surface area (TPSA) is 33.2 Å². The number of amides is 1. The van der Waals surface area contributed by atoms with Gasteiger partial charge < -0.3 is 4.90 Å². The number of aromatic nitrogens is 1. The molecule has 0 fully saturated rings. The van der Waals surface area contributed by atoms with E-state index in [1.54, 1.807) is 0 Å². The molecule has 1 atom stereocenters. The van der Waals surface area contributed by atoms with Crippen LogP contribution in [0.15, 0.2) is 36.7 Å². The SMILES string of the molecule is CC(c1cccnc1)c1cc2c3c(c1)CCN3C(=O)CC2. The Balaban J connectivity index is 1.78. The molecule has 0 saturated heterocycles. The Morgan fingerprint density at radius 3 is 2.71 bits per heavy atom. The minimum absolute atomic E-state index is 0.286. The summed E-state index contributed by atoms with van der Waals surface area (Å²) in [4.78, 5) is 18.2. The minimum atomic E-state index is 0.286. The molecule has 1 aromatic carbocycles. The first-order valence-corrected chi connectivity index (χ1v) is 7.60. The lowest BCUT2D eigenvalue weighted by molar-refractivity contribution is -0.118. The van der Waals surface area contributed by atoms with Gasteiger partial charge in [-0.1, -0.05) is 25.1 Å². The highest BCUT2D eigenvalue weighted by atomic mass is 16.2. The van der Waals surface area contributed by atoms with Gasteiger partial charge in [0.05, 0.1) is 5.69 Å². The predicted molar refractivity (Wildman–Crippen MR) is 82.6 cm³/mol. The van der Waals surface area contributed by atoms with Crippen LogP contribution >= 0.6 is 0 Å². The van der Waals surface area contributed by atoms with Crippen LogP contribution in [0.2, 0.25) is 0 Å². The van der Waals surface area contributed by atoms with Crippen LogP contribution in [0.4, 0.5) is 5.69 Å². The molecule has 106 valence electrons. The quantitative estimate of drug-likeness (QED) is 0.846. The maximum Gasteiger partial charge on any atom is 0.227 e. The van der Waals surface area contributed by atoms with Crippen LogP contribution in [0.1, 0.15) is 41.5 Å². The molecule has 4 rings (SSSR count). The number of carbonyl (C=O) groups excluding carboxylic acids is 1.